The predicted octanol–water partition coefficient (Wildman–Crippen LogP) is 1.94. The minimum absolute atomic E-state index is 0.00466. The fourth-order valence-corrected chi connectivity index (χ4v) is 4.07. The van der Waals surface area contributed by atoms with Gasteiger partial charge in [-0.25, -0.2) is 0 Å². The molecule has 0 spiro atoms. The van der Waals surface area contributed by atoms with Crippen LogP contribution in [0.5, 0.6) is 5.75 Å². The third kappa shape index (κ3) is 4.23. The molecular formula is C20H26N2O4. The third-order valence-electron chi connectivity index (χ3n) is 5.46. The number of ketones is 1. The number of fused-ring (bicyclic) bond motifs is 2. The quantitative estimate of drug-likeness (QED) is 0.761. The second-order valence-electron chi connectivity index (χ2n) is 7.17. The number of rotatable bonds is 6. The summed E-state index contributed by atoms with van der Waals surface area (Å²) in [5.74, 6) is 0.879. The smallest absolute Gasteiger partial charge is 0.251 e. The van der Waals surface area contributed by atoms with Gasteiger partial charge in [-0.1, -0.05) is 12.5 Å². The Morgan fingerprint density at radius 3 is 2.50 bits per heavy atom. The topological polar surface area (TPSA) is 84.5 Å². The molecule has 1 aromatic rings. The number of carbonyl (C=O) groups excluding carboxylic acids is 3. The van der Waals surface area contributed by atoms with Crippen LogP contribution in [0.25, 0.3) is 0 Å². The fraction of sp³-hybridized carbons (Fsp3) is 0.550. The molecule has 1 aromatic carbocycles. The highest BCUT2D eigenvalue weighted by Crippen LogP contribution is 2.40. The third-order valence-corrected chi connectivity index (χ3v) is 5.46. The SMILES string of the molecule is COc1cccc(C(=O)NCCNC(=O)C2CC3CCCC(C2)C3=O)c1. The summed E-state index contributed by atoms with van der Waals surface area (Å²) in [4.78, 5) is 36.6. The molecule has 2 atom stereocenters. The first kappa shape index (κ1) is 18.4. The fourth-order valence-electron chi connectivity index (χ4n) is 4.07. The van der Waals surface area contributed by atoms with Gasteiger partial charge in [0.2, 0.25) is 5.91 Å². The van der Waals surface area contributed by atoms with Crippen LogP contribution in [-0.2, 0) is 9.59 Å². The van der Waals surface area contributed by atoms with Crippen molar-refractivity contribution in [2.45, 2.75) is 32.1 Å². The first-order chi connectivity index (χ1) is 12.6. The monoisotopic (exact) mass is 358 g/mol. The van der Waals surface area contributed by atoms with Crippen molar-refractivity contribution >= 4 is 17.6 Å². The number of ether oxygens (including phenoxy) is 1. The van der Waals surface area contributed by atoms with Gasteiger partial charge in [-0.05, 0) is 43.9 Å². The van der Waals surface area contributed by atoms with E-state index in [0.29, 0.717) is 43.0 Å². The van der Waals surface area contributed by atoms with Crippen LogP contribution in [-0.4, -0.2) is 37.8 Å². The zero-order chi connectivity index (χ0) is 18.5. The highest BCUT2D eigenvalue weighted by molar-refractivity contribution is 5.94. The van der Waals surface area contributed by atoms with Crippen molar-refractivity contribution in [2.24, 2.45) is 17.8 Å². The molecule has 6 nitrogen and oxygen atoms in total. The van der Waals surface area contributed by atoms with Crippen molar-refractivity contribution in [1.29, 1.82) is 0 Å². The lowest BCUT2D eigenvalue weighted by atomic mass is 9.67. The van der Waals surface area contributed by atoms with Crippen LogP contribution in [0.4, 0.5) is 0 Å². The van der Waals surface area contributed by atoms with Crippen LogP contribution in [0.2, 0.25) is 0 Å². The first-order valence-electron chi connectivity index (χ1n) is 9.32. The van der Waals surface area contributed by atoms with E-state index < -0.39 is 0 Å². The number of methoxy groups -OCH3 is 1. The standard InChI is InChI=1S/C20H26N2O4/c1-26-17-7-3-6-15(12-17)19(24)21-8-9-22-20(25)16-10-13-4-2-5-14(11-16)18(13)23/h3,6-7,12-14,16H,2,4-5,8-11H2,1H3,(H,21,24)(H,22,25). The molecule has 0 saturated heterocycles. The lowest BCUT2D eigenvalue weighted by molar-refractivity contribution is -0.137. The first-order valence-corrected chi connectivity index (χ1v) is 9.32. The molecule has 2 aliphatic rings. The van der Waals surface area contributed by atoms with Crippen LogP contribution in [0.3, 0.4) is 0 Å². The van der Waals surface area contributed by atoms with Gasteiger partial charge < -0.3 is 15.4 Å². The number of carbonyl (C=O) groups is 3. The van der Waals surface area contributed by atoms with Crippen molar-refractivity contribution < 1.29 is 19.1 Å². The average Bonchev–Trinajstić information content (AvgIpc) is 2.64. The molecule has 2 unspecified atom stereocenters. The number of nitrogens with one attached hydrogen (secondary N) is 2. The summed E-state index contributed by atoms with van der Waals surface area (Å²) in [6.45, 7) is 0.745. The summed E-state index contributed by atoms with van der Waals surface area (Å²) in [5, 5.41) is 5.69. The van der Waals surface area contributed by atoms with Crippen molar-refractivity contribution in [3.8, 4) is 5.75 Å². The van der Waals surface area contributed by atoms with E-state index in [9.17, 15) is 14.4 Å². The molecule has 2 N–H and O–H groups in total. The molecule has 2 fully saturated rings. The number of benzene rings is 1. The molecule has 2 aliphatic carbocycles. The summed E-state index contributed by atoms with van der Waals surface area (Å²) >= 11 is 0. The maximum atomic E-state index is 12.4. The van der Waals surface area contributed by atoms with Crippen molar-refractivity contribution in [3.05, 3.63) is 29.8 Å². The van der Waals surface area contributed by atoms with Crippen molar-refractivity contribution in [2.75, 3.05) is 20.2 Å². The second kappa shape index (κ2) is 8.34. The molecule has 2 saturated carbocycles. The Morgan fingerprint density at radius 2 is 1.81 bits per heavy atom. The van der Waals surface area contributed by atoms with E-state index in [1.54, 1.807) is 31.4 Å². The van der Waals surface area contributed by atoms with Gasteiger partial charge in [0, 0.05) is 36.4 Å². The zero-order valence-corrected chi connectivity index (χ0v) is 15.1. The molecule has 2 bridgehead atoms. The van der Waals surface area contributed by atoms with Crippen molar-refractivity contribution in [3.63, 3.8) is 0 Å². The van der Waals surface area contributed by atoms with Gasteiger partial charge in [-0.15, -0.1) is 0 Å². The molecule has 26 heavy (non-hydrogen) atoms. The molecular weight excluding hydrogens is 332 g/mol. The Morgan fingerprint density at radius 1 is 1.12 bits per heavy atom. The van der Waals surface area contributed by atoms with E-state index in [4.69, 9.17) is 4.74 Å². The molecule has 2 amide bonds. The summed E-state index contributed by atoms with van der Waals surface area (Å²) in [5.41, 5.74) is 0.522. The van der Waals surface area contributed by atoms with Crippen LogP contribution in [0.1, 0.15) is 42.5 Å². The highest BCUT2D eigenvalue weighted by atomic mass is 16.5. The van der Waals surface area contributed by atoms with E-state index in [2.05, 4.69) is 10.6 Å². The molecule has 0 radical (unpaired) electrons. The minimum Gasteiger partial charge on any atom is -0.497 e. The molecule has 0 aliphatic heterocycles. The Kier molecular flexibility index (Phi) is 5.91. The maximum Gasteiger partial charge on any atom is 0.251 e. The van der Waals surface area contributed by atoms with Gasteiger partial charge in [-0.3, -0.25) is 14.4 Å². The van der Waals surface area contributed by atoms with Crippen LogP contribution in [0, 0.1) is 17.8 Å². The zero-order valence-electron chi connectivity index (χ0n) is 15.1. The van der Waals surface area contributed by atoms with Gasteiger partial charge >= 0.3 is 0 Å². The highest BCUT2D eigenvalue weighted by Gasteiger charge is 2.41. The average molecular weight is 358 g/mol. The molecule has 6 heteroatoms. The Hall–Kier alpha value is -2.37. The van der Waals surface area contributed by atoms with Gasteiger partial charge in [0.15, 0.2) is 0 Å². The molecule has 140 valence electrons. The number of hydrogen-bond acceptors (Lipinski definition) is 4. The van der Waals surface area contributed by atoms with Gasteiger partial charge in [0.05, 0.1) is 7.11 Å². The molecule has 0 aromatic heterocycles. The summed E-state index contributed by atoms with van der Waals surface area (Å²) in [6.07, 6.45) is 4.31. The van der Waals surface area contributed by atoms with E-state index in [1.807, 2.05) is 0 Å². The second-order valence-corrected chi connectivity index (χ2v) is 7.17. The van der Waals surface area contributed by atoms with E-state index in [0.717, 1.165) is 19.3 Å². The number of Topliss-reactive ketones (excluding diaryl/α,β-unsaturated/α-hetero) is 1. The van der Waals surface area contributed by atoms with Gasteiger partial charge in [0.1, 0.15) is 11.5 Å². The van der Waals surface area contributed by atoms with Gasteiger partial charge in [0.25, 0.3) is 5.91 Å². The lowest BCUT2D eigenvalue weighted by Crippen LogP contribution is -2.44. The summed E-state index contributed by atoms with van der Waals surface area (Å²) in [7, 11) is 1.56. The lowest BCUT2D eigenvalue weighted by Gasteiger charge is -2.36. The number of hydrogen-bond donors (Lipinski definition) is 2. The predicted molar refractivity (Wildman–Crippen MR) is 96.9 cm³/mol. The van der Waals surface area contributed by atoms with Gasteiger partial charge in [-0.2, -0.15) is 0 Å². The Bertz CT molecular complexity index is 672. The molecule has 3 rings (SSSR count). The van der Waals surface area contributed by atoms with E-state index >= 15 is 0 Å². The van der Waals surface area contributed by atoms with E-state index in [1.165, 1.54) is 0 Å². The van der Waals surface area contributed by atoms with E-state index in [-0.39, 0.29) is 29.6 Å². The Labute approximate surface area is 153 Å². The van der Waals surface area contributed by atoms with Crippen LogP contribution >= 0.6 is 0 Å². The maximum absolute atomic E-state index is 12.4. The molecule has 0 heterocycles. The largest absolute Gasteiger partial charge is 0.497 e. The number of amides is 2. The normalized spacial score (nSPS) is 24.7. The summed E-state index contributed by atoms with van der Waals surface area (Å²) < 4.78 is 5.11. The summed E-state index contributed by atoms with van der Waals surface area (Å²) in [6, 6.07) is 6.93. The minimum atomic E-state index is -0.198. The van der Waals surface area contributed by atoms with Crippen molar-refractivity contribution in [1.82, 2.24) is 10.6 Å². The van der Waals surface area contributed by atoms with Crippen LogP contribution < -0.4 is 15.4 Å². The Balaban J connectivity index is 1.41. The van der Waals surface area contributed by atoms with Crippen LogP contribution in [0.15, 0.2) is 24.3 Å².